The van der Waals surface area contributed by atoms with Gasteiger partial charge in [-0.05, 0) is 44.4 Å². The zero-order valence-corrected chi connectivity index (χ0v) is 13.1. The lowest BCUT2D eigenvalue weighted by atomic mass is 9.67. The molecule has 2 saturated carbocycles. The van der Waals surface area contributed by atoms with Crippen molar-refractivity contribution in [2.45, 2.75) is 76.7 Å². The Bertz CT molecular complexity index is 273. The van der Waals surface area contributed by atoms with Crippen LogP contribution < -0.4 is 0 Å². The molecule has 2 fully saturated rings. The quantitative estimate of drug-likeness (QED) is 0.612. The number of rotatable bonds is 4. The monoisotopic (exact) mass is 284 g/mol. The maximum absolute atomic E-state index is 11.8. The molecule has 2 aliphatic carbocycles. The molecule has 0 aromatic carbocycles. The minimum atomic E-state index is -0.235. The molecule has 2 rings (SSSR count). The van der Waals surface area contributed by atoms with Gasteiger partial charge in [-0.25, -0.2) is 0 Å². The first-order chi connectivity index (χ1) is 9.16. The fourth-order valence-corrected chi connectivity index (χ4v) is 4.19. The molecular weight excluding hydrogens is 256 g/mol. The van der Waals surface area contributed by atoms with Gasteiger partial charge in [0.25, 0.3) is 0 Å². The van der Waals surface area contributed by atoms with Gasteiger partial charge in [-0.1, -0.05) is 38.5 Å². The third-order valence-corrected chi connectivity index (χ3v) is 5.55. The normalized spacial score (nSPS) is 23.3. The lowest BCUT2D eigenvalue weighted by Crippen LogP contribution is -2.48. The molecule has 0 N–H and O–H groups in total. The Morgan fingerprint density at radius 3 is 1.79 bits per heavy atom. The third-order valence-electron chi connectivity index (χ3n) is 5.29. The van der Waals surface area contributed by atoms with Gasteiger partial charge < -0.3 is 4.74 Å². The van der Waals surface area contributed by atoms with E-state index >= 15 is 0 Å². The van der Waals surface area contributed by atoms with Crippen LogP contribution >= 0.6 is 12.6 Å². The zero-order valence-electron chi connectivity index (χ0n) is 12.2. The fraction of sp³-hybridized carbons (Fsp3) is 0.938. The summed E-state index contributed by atoms with van der Waals surface area (Å²) in [6.07, 6.45) is 12.8. The number of thiol groups is 1. The van der Waals surface area contributed by atoms with Crippen molar-refractivity contribution in [3.63, 3.8) is 0 Å². The lowest BCUT2D eigenvalue weighted by molar-refractivity contribution is -0.173. The predicted octanol–water partition coefficient (Wildman–Crippen LogP) is 4.38. The molecule has 0 aromatic rings. The van der Waals surface area contributed by atoms with Crippen molar-refractivity contribution >= 4 is 18.6 Å². The largest absolute Gasteiger partial charge is 0.458 e. The first-order valence-corrected chi connectivity index (χ1v) is 8.62. The third kappa shape index (κ3) is 3.68. The Kier molecular flexibility index (Phi) is 5.61. The van der Waals surface area contributed by atoms with E-state index in [-0.39, 0.29) is 17.3 Å². The molecule has 19 heavy (non-hydrogen) atoms. The van der Waals surface area contributed by atoms with Crippen LogP contribution in [-0.4, -0.2) is 17.3 Å². The summed E-state index contributed by atoms with van der Waals surface area (Å²) in [5.74, 6) is 1.19. The minimum absolute atomic E-state index is 0.137. The summed E-state index contributed by atoms with van der Waals surface area (Å²) in [6, 6.07) is 0. The molecule has 0 amide bonds. The highest BCUT2D eigenvalue weighted by molar-refractivity contribution is 7.81. The van der Waals surface area contributed by atoms with Crippen molar-refractivity contribution in [3.8, 4) is 0 Å². The molecule has 2 aliphatic rings. The van der Waals surface area contributed by atoms with Gasteiger partial charge in [-0.3, -0.25) is 4.79 Å². The van der Waals surface area contributed by atoms with Crippen LogP contribution in [-0.2, 0) is 9.53 Å². The van der Waals surface area contributed by atoms with E-state index in [4.69, 9.17) is 4.74 Å². The van der Waals surface area contributed by atoms with E-state index in [0.29, 0.717) is 11.8 Å². The molecule has 0 atom stereocenters. The highest BCUT2D eigenvalue weighted by Gasteiger charge is 2.44. The predicted molar refractivity (Wildman–Crippen MR) is 81.5 cm³/mol. The molecule has 0 saturated heterocycles. The molecule has 2 nitrogen and oxygen atoms in total. The van der Waals surface area contributed by atoms with Gasteiger partial charge in [0.15, 0.2) is 0 Å². The molecule has 0 unspecified atom stereocenters. The molecule has 0 aliphatic heterocycles. The molecule has 0 bridgehead atoms. The highest BCUT2D eigenvalue weighted by atomic mass is 32.1. The van der Waals surface area contributed by atoms with E-state index in [9.17, 15) is 4.79 Å². The van der Waals surface area contributed by atoms with Gasteiger partial charge in [0, 0.05) is 0 Å². The van der Waals surface area contributed by atoms with E-state index in [0.717, 1.165) is 0 Å². The van der Waals surface area contributed by atoms with Crippen molar-refractivity contribution in [1.82, 2.24) is 0 Å². The SMILES string of the molecule is CC(OC(=O)CS)(C1CCCCC1)C1CCCCC1. The second kappa shape index (κ2) is 7.01. The van der Waals surface area contributed by atoms with Gasteiger partial charge in [-0.15, -0.1) is 0 Å². The Balaban J connectivity index is 2.12. The first-order valence-electron chi connectivity index (χ1n) is 7.99. The topological polar surface area (TPSA) is 26.3 Å². The van der Waals surface area contributed by atoms with Crippen molar-refractivity contribution in [3.05, 3.63) is 0 Å². The number of esters is 1. The van der Waals surface area contributed by atoms with Crippen LogP contribution in [0.25, 0.3) is 0 Å². The number of carbonyl (C=O) groups is 1. The smallest absolute Gasteiger partial charge is 0.316 e. The average molecular weight is 284 g/mol. The summed E-state index contributed by atoms with van der Waals surface area (Å²) in [5, 5.41) is 0. The number of ether oxygens (including phenoxy) is 1. The summed E-state index contributed by atoms with van der Waals surface area (Å²) in [5.41, 5.74) is -0.235. The molecule has 3 heteroatoms. The molecule has 110 valence electrons. The van der Waals surface area contributed by atoms with Gasteiger partial charge in [0.05, 0.1) is 5.75 Å². The summed E-state index contributed by atoms with van der Waals surface area (Å²) in [4.78, 5) is 11.8. The van der Waals surface area contributed by atoms with Gasteiger partial charge in [-0.2, -0.15) is 12.6 Å². The zero-order chi connectivity index (χ0) is 13.7. The molecule has 0 radical (unpaired) electrons. The Morgan fingerprint density at radius 2 is 1.42 bits per heavy atom. The van der Waals surface area contributed by atoms with Crippen LogP contribution in [0.2, 0.25) is 0 Å². The average Bonchev–Trinajstić information content (AvgIpc) is 2.48. The van der Waals surface area contributed by atoms with Gasteiger partial charge in [0.2, 0.25) is 0 Å². The first kappa shape index (κ1) is 15.2. The van der Waals surface area contributed by atoms with E-state index in [1.807, 2.05) is 0 Å². The van der Waals surface area contributed by atoms with Crippen molar-refractivity contribution in [1.29, 1.82) is 0 Å². The lowest BCUT2D eigenvalue weighted by Gasteiger charge is -2.46. The van der Waals surface area contributed by atoms with E-state index in [2.05, 4.69) is 19.6 Å². The van der Waals surface area contributed by atoms with Crippen LogP contribution in [0, 0.1) is 11.8 Å². The van der Waals surface area contributed by atoms with Crippen molar-refractivity contribution in [2.24, 2.45) is 11.8 Å². The van der Waals surface area contributed by atoms with Crippen molar-refractivity contribution < 1.29 is 9.53 Å². The Labute approximate surface area is 123 Å². The van der Waals surface area contributed by atoms with E-state index in [1.165, 1.54) is 64.2 Å². The molecular formula is C16H28O2S. The van der Waals surface area contributed by atoms with E-state index in [1.54, 1.807) is 0 Å². The minimum Gasteiger partial charge on any atom is -0.458 e. The van der Waals surface area contributed by atoms with Crippen LogP contribution in [0.5, 0.6) is 0 Å². The summed E-state index contributed by atoms with van der Waals surface area (Å²) >= 11 is 4.08. The summed E-state index contributed by atoms with van der Waals surface area (Å²) in [6.45, 7) is 2.21. The molecule has 0 heterocycles. The second-order valence-electron chi connectivity index (χ2n) is 6.49. The van der Waals surface area contributed by atoms with Crippen molar-refractivity contribution in [2.75, 3.05) is 5.75 Å². The highest BCUT2D eigenvalue weighted by Crippen LogP contribution is 2.45. The number of carbonyl (C=O) groups excluding carboxylic acids is 1. The van der Waals surface area contributed by atoms with Crippen LogP contribution in [0.15, 0.2) is 0 Å². The Hall–Kier alpha value is -0.180. The van der Waals surface area contributed by atoms with E-state index < -0.39 is 0 Å². The maximum atomic E-state index is 11.8. The molecule has 0 aromatic heterocycles. The fourth-order valence-electron chi connectivity index (χ4n) is 4.13. The summed E-state index contributed by atoms with van der Waals surface area (Å²) < 4.78 is 5.95. The van der Waals surface area contributed by atoms with Gasteiger partial charge in [0.1, 0.15) is 5.60 Å². The number of hydrogen-bond acceptors (Lipinski definition) is 3. The second-order valence-corrected chi connectivity index (χ2v) is 6.80. The van der Waals surface area contributed by atoms with Crippen LogP contribution in [0.3, 0.4) is 0 Å². The van der Waals surface area contributed by atoms with Crippen LogP contribution in [0.1, 0.15) is 71.1 Å². The standard InChI is InChI=1S/C16H28O2S/c1-16(18-15(17)12-19,13-8-4-2-5-9-13)14-10-6-3-7-11-14/h13-14,19H,2-12H2,1H3. The van der Waals surface area contributed by atoms with Gasteiger partial charge >= 0.3 is 5.97 Å². The molecule has 0 spiro atoms. The van der Waals surface area contributed by atoms with Crippen LogP contribution in [0.4, 0.5) is 0 Å². The number of hydrogen-bond donors (Lipinski definition) is 1. The Morgan fingerprint density at radius 1 is 1.00 bits per heavy atom. The maximum Gasteiger partial charge on any atom is 0.316 e. The summed E-state index contributed by atoms with van der Waals surface area (Å²) in [7, 11) is 0.